The number of sulfonamides is 1. The second kappa shape index (κ2) is 11.4. The lowest BCUT2D eigenvalue weighted by Gasteiger charge is -2.11. The highest BCUT2D eigenvalue weighted by Crippen LogP contribution is 2.17. The Bertz CT molecular complexity index is 804. The summed E-state index contributed by atoms with van der Waals surface area (Å²) in [6, 6.07) is 8.26. The molecule has 2 rings (SSSR count). The average Bonchev–Trinajstić information content (AvgIpc) is 2.97. The lowest BCUT2D eigenvalue weighted by molar-refractivity contribution is 0.585. The number of halogens is 1. The number of H-pyrrole nitrogens is 1. The molecular weight excluding hydrogens is 465 g/mol. The Hall–Kier alpha value is -1.33. The molecule has 0 aliphatic heterocycles. The Morgan fingerprint density at radius 1 is 1.19 bits per heavy atom. The third-order valence-electron chi connectivity index (χ3n) is 3.67. The lowest BCUT2D eigenvalue weighted by atomic mass is 10.1. The molecule has 0 amide bonds. The second-order valence-electron chi connectivity index (χ2n) is 5.82. The number of nitrogens with one attached hydrogen (secondary N) is 4. The molecule has 0 unspecified atom stereocenters. The predicted octanol–water partition coefficient (Wildman–Crippen LogP) is 1.82. The van der Waals surface area contributed by atoms with E-state index in [4.69, 9.17) is 0 Å². The molecular formula is C17H28IN5O2S. The Kier molecular flexibility index (Phi) is 9.96. The van der Waals surface area contributed by atoms with Gasteiger partial charge < -0.3 is 15.6 Å². The van der Waals surface area contributed by atoms with E-state index < -0.39 is 10.0 Å². The lowest BCUT2D eigenvalue weighted by Crippen LogP contribution is -2.38. The Balaban J connectivity index is 0.00000338. The van der Waals surface area contributed by atoms with Crippen molar-refractivity contribution >= 4 is 50.9 Å². The summed E-state index contributed by atoms with van der Waals surface area (Å²) in [5.41, 5.74) is 2.42. The van der Waals surface area contributed by atoms with Gasteiger partial charge >= 0.3 is 0 Å². The molecule has 1 aromatic carbocycles. The summed E-state index contributed by atoms with van der Waals surface area (Å²) < 4.78 is 24.5. The van der Waals surface area contributed by atoms with Crippen LogP contribution in [-0.2, 0) is 16.4 Å². The van der Waals surface area contributed by atoms with E-state index in [0.29, 0.717) is 19.5 Å². The zero-order valence-corrected chi connectivity index (χ0v) is 18.4. The molecule has 0 saturated heterocycles. The molecule has 2 aromatic rings. The first-order chi connectivity index (χ1) is 12.0. The first kappa shape index (κ1) is 22.7. The largest absolute Gasteiger partial charge is 0.361 e. The number of fused-ring (bicyclic) bond motifs is 1. The highest BCUT2D eigenvalue weighted by atomic mass is 127. The number of aromatic nitrogens is 1. The van der Waals surface area contributed by atoms with Crippen LogP contribution in [0.2, 0.25) is 0 Å². The fraction of sp³-hybridized carbons (Fsp3) is 0.471. The molecule has 9 heteroatoms. The van der Waals surface area contributed by atoms with Gasteiger partial charge in [-0.15, -0.1) is 24.0 Å². The van der Waals surface area contributed by atoms with E-state index in [1.807, 2.05) is 25.3 Å². The van der Waals surface area contributed by atoms with Crippen molar-refractivity contribution in [2.45, 2.75) is 19.8 Å². The van der Waals surface area contributed by atoms with Gasteiger partial charge in [-0.1, -0.05) is 18.2 Å². The van der Waals surface area contributed by atoms with Crippen molar-refractivity contribution in [1.82, 2.24) is 20.3 Å². The predicted molar refractivity (Wildman–Crippen MR) is 119 cm³/mol. The molecule has 0 aliphatic carbocycles. The van der Waals surface area contributed by atoms with Crippen molar-refractivity contribution in [2.75, 3.05) is 32.4 Å². The highest BCUT2D eigenvalue weighted by Gasteiger charge is 2.03. The van der Waals surface area contributed by atoms with Gasteiger partial charge in [-0.05, 0) is 31.4 Å². The zero-order valence-electron chi connectivity index (χ0n) is 15.2. The fourth-order valence-corrected chi connectivity index (χ4v) is 3.04. The molecule has 0 saturated carbocycles. The van der Waals surface area contributed by atoms with Crippen molar-refractivity contribution in [3.05, 3.63) is 36.0 Å². The van der Waals surface area contributed by atoms with Crippen molar-refractivity contribution in [2.24, 2.45) is 4.99 Å². The molecule has 26 heavy (non-hydrogen) atoms. The molecule has 1 heterocycles. The van der Waals surface area contributed by atoms with Gasteiger partial charge in [-0.3, -0.25) is 4.99 Å². The summed E-state index contributed by atoms with van der Waals surface area (Å²) in [6.45, 7) is 4.53. The van der Waals surface area contributed by atoms with Crippen LogP contribution in [0.4, 0.5) is 0 Å². The Morgan fingerprint density at radius 3 is 2.69 bits per heavy atom. The third-order valence-corrected chi connectivity index (χ3v) is 4.40. The topological polar surface area (TPSA) is 98.4 Å². The van der Waals surface area contributed by atoms with Crippen LogP contribution in [0.3, 0.4) is 0 Å². The molecule has 7 nitrogen and oxygen atoms in total. The molecule has 0 radical (unpaired) electrons. The normalized spacial score (nSPS) is 12.0. The van der Waals surface area contributed by atoms with Gasteiger partial charge in [0.05, 0.1) is 6.26 Å². The van der Waals surface area contributed by atoms with Crippen LogP contribution in [-0.4, -0.2) is 51.8 Å². The van der Waals surface area contributed by atoms with Crippen molar-refractivity contribution in [3.63, 3.8) is 0 Å². The summed E-state index contributed by atoms with van der Waals surface area (Å²) in [4.78, 5) is 7.75. The monoisotopic (exact) mass is 493 g/mol. The van der Waals surface area contributed by atoms with Crippen LogP contribution in [0.15, 0.2) is 35.5 Å². The van der Waals surface area contributed by atoms with E-state index in [-0.39, 0.29) is 24.0 Å². The summed E-state index contributed by atoms with van der Waals surface area (Å²) in [5.74, 6) is 0.752. The standard InChI is InChI=1S/C17H27N5O2S.HI/c1-3-18-17(19-10-6-11-22-25(2,23)24)20-12-9-14-13-21-16-8-5-4-7-15(14)16;/h4-5,7-8,13,21-22H,3,6,9-12H2,1-2H3,(H2,18,19,20);1H. The summed E-state index contributed by atoms with van der Waals surface area (Å²) >= 11 is 0. The molecule has 0 atom stereocenters. The van der Waals surface area contributed by atoms with E-state index in [9.17, 15) is 8.42 Å². The molecule has 1 aromatic heterocycles. The van der Waals surface area contributed by atoms with Gasteiger partial charge in [0.25, 0.3) is 0 Å². The summed E-state index contributed by atoms with van der Waals surface area (Å²) in [7, 11) is -3.13. The van der Waals surface area contributed by atoms with E-state index in [1.165, 1.54) is 10.9 Å². The van der Waals surface area contributed by atoms with Gasteiger partial charge in [0.2, 0.25) is 10.0 Å². The van der Waals surface area contributed by atoms with Crippen LogP contribution >= 0.6 is 24.0 Å². The number of para-hydroxylation sites is 1. The number of guanidine groups is 1. The van der Waals surface area contributed by atoms with Crippen LogP contribution in [0, 0.1) is 0 Å². The number of aromatic amines is 1. The summed E-state index contributed by atoms with van der Waals surface area (Å²) in [5, 5.41) is 7.76. The van der Waals surface area contributed by atoms with Gasteiger partial charge in [-0.25, -0.2) is 13.1 Å². The maximum atomic E-state index is 11.0. The third kappa shape index (κ3) is 7.92. The minimum atomic E-state index is -3.13. The van der Waals surface area contributed by atoms with Gasteiger partial charge in [-0.2, -0.15) is 0 Å². The maximum Gasteiger partial charge on any atom is 0.208 e. The first-order valence-corrected chi connectivity index (χ1v) is 10.4. The number of nitrogens with zero attached hydrogens (tertiary/aromatic N) is 1. The molecule has 0 fully saturated rings. The zero-order chi connectivity index (χ0) is 18.1. The Morgan fingerprint density at radius 2 is 1.96 bits per heavy atom. The van der Waals surface area contributed by atoms with Gasteiger partial charge in [0.15, 0.2) is 5.96 Å². The first-order valence-electron chi connectivity index (χ1n) is 8.51. The summed E-state index contributed by atoms with van der Waals surface area (Å²) in [6.07, 6.45) is 4.76. The van der Waals surface area contributed by atoms with Crippen LogP contribution in [0.25, 0.3) is 10.9 Å². The number of hydrogen-bond acceptors (Lipinski definition) is 3. The number of rotatable bonds is 9. The molecule has 0 aliphatic rings. The number of aliphatic imine (C=N–C) groups is 1. The average molecular weight is 493 g/mol. The van der Waals surface area contributed by atoms with E-state index in [0.717, 1.165) is 37.2 Å². The quantitative estimate of drug-likeness (QED) is 0.186. The second-order valence-corrected chi connectivity index (χ2v) is 7.65. The van der Waals surface area contributed by atoms with Crippen molar-refractivity contribution in [3.8, 4) is 0 Å². The number of benzene rings is 1. The van der Waals surface area contributed by atoms with E-state index in [2.05, 4.69) is 37.5 Å². The van der Waals surface area contributed by atoms with Crippen molar-refractivity contribution in [1.29, 1.82) is 0 Å². The van der Waals surface area contributed by atoms with Gasteiger partial charge in [0.1, 0.15) is 0 Å². The molecule has 0 spiro atoms. The van der Waals surface area contributed by atoms with Gasteiger partial charge in [0, 0.05) is 43.3 Å². The SMILES string of the molecule is CCNC(=NCCCNS(C)(=O)=O)NCCc1c[nH]c2ccccc12.I. The minimum absolute atomic E-state index is 0. The maximum absolute atomic E-state index is 11.0. The van der Waals surface area contributed by atoms with E-state index in [1.54, 1.807) is 0 Å². The van der Waals surface area contributed by atoms with Crippen LogP contribution < -0.4 is 15.4 Å². The molecule has 4 N–H and O–H groups in total. The highest BCUT2D eigenvalue weighted by molar-refractivity contribution is 14.0. The van der Waals surface area contributed by atoms with Crippen LogP contribution in [0.1, 0.15) is 18.9 Å². The van der Waals surface area contributed by atoms with E-state index >= 15 is 0 Å². The molecule has 146 valence electrons. The van der Waals surface area contributed by atoms with Crippen molar-refractivity contribution < 1.29 is 8.42 Å². The van der Waals surface area contributed by atoms with Crippen LogP contribution in [0.5, 0.6) is 0 Å². The minimum Gasteiger partial charge on any atom is -0.361 e. The fourth-order valence-electron chi connectivity index (χ4n) is 2.52. The smallest absolute Gasteiger partial charge is 0.208 e. The Labute approximate surface area is 172 Å². The molecule has 0 bridgehead atoms. The number of hydrogen-bond donors (Lipinski definition) is 4.